The fourth-order valence-electron chi connectivity index (χ4n) is 2.24. The maximum Gasteiger partial charge on any atom is 0.328 e. The summed E-state index contributed by atoms with van der Waals surface area (Å²) in [4.78, 5) is 45.8. The van der Waals surface area contributed by atoms with Gasteiger partial charge in [-0.1, -0.05) is 13.8 Å². The molecule has 0 aromatic rings. The van der Waals surface area contributed by atoms with Gasteiger partial charge in [-0.15, -0.1) is 10.1 Å². The molecule has 11 nitrogen and oxygen atoms in total. The number of nitrogens with two attached hydrogens (primary N) is 1. The fourth-order valence-corrected chi connectivity index (χ4v) is 2.24. The molecule has 1 amide bonds. The predicted octanol–water partition coefficient (Wildman–Crippen LogP) is 0.566. The highest BCUT2D eigenvalue weighted by Crippen LogP contribution is 2.26. The van der Waals surface area contributed by atoms with Gasteiger partial charge in [-0.05, 0) is 37.6 Å². The van der Waals surface area contributed by atoms with Gasteiger partial charge in [0.25, 0.3) is 5.09 Å². The Morgan fingerprint density at radius 1 is 1.19 bits per heavy atom. The predicted molar refractivity (Wildman–Crippen MR) is 94.1 cm³/mol. The first-order valence-electron chi connectivity index (χ1n) is 8.39. The molecule has 0 aromatic heterocycles. The normalized spacial score (nSPS) is 19.5. The third-order valence-electron chi connectivity index (χ3n) is 3.94. The van der Waals surface area contributed by atoms with Gasteiger partial charge in [-0.2, -0.15) is 0 Å². The van der Waals surface area contributed by atoms with E-state index in [1.54, 1.807) is 0 Å². The van der Waals surface area contributed by atoms with Gasteiger partial charge in [-0.3, -0.25) is 4.79 Å². The maximum atomic E-state index is 12.0. The van der Waals surface area contributed by atoms with Gasteiger partial charge in [0, 0.05) is 24.6 Å². The number of carboxylic acid groups (broad SMARTS) is 2. The van der Waals surface area contributed by atoms with E-state index in [-0.39, 0.29) is 23.3 Å². The van der Waals surface area contributed by atoms with Crippen molar-refractivity contribution in [1.29, 1.82) is 0 Å². The Morgan fingerprint density at radius 3 is 2.04 bits per heavy atom. The van der Waals surface area contributed by atoms with Crippen molar-refractivity contribution < 1.29 is 34.5 Å². The molecule has 0 radical (unpaired) electrons. The van der Waals surface area contributed by atoms with E-state index in [1.807, 2.05) is 13.8 Å². The number of carboxylic acids is 2. The van der Waals surface area contributed by atoms with E-state index in [9.17, 15) is 24.5 Å². The average molecular weight is 389 g/mol. The first kappa shape index (κ1) is 24.3. The summed E-state index contributed by atoms with van der Waals surface area (Å²) in [7, 11) is 0. The van der Waals surface area contributed by atoms with Crippen LogP contribution in [0.1, 0.15) is 39.5 Å². The Bertz CT molecular complexity index is 538. The van der Waals surface area contributed by atoms with Crippen LogP contribution in [0.4, 0.5) is 0 Å². The van der Waals surface area contributed by atoms with Gasteiger partial charge < -0.3 is 26.1 Å². The summed E-state index contributed by atoms with van der Waals surface area (Å²) in [6, 6.07) is 0. The Hall–Kier alpha value is -2.69. The van der Waals surface area contributed by atoms with Gasteiger partial charge in [0.15, 0.2) is 0 Å². The second-order valence-corrected chi connectivity index (χ2v) is 6.90. The molecule has 27 heavy (non-hydrogen) atoms. The summed E-state index contributed by atoms with van der Waals surface area (Å²) in [5.74, 6) is -2.57. The lowest BCUT2D eigenvalue weighted by molar-refractivity contribution is -0.769. The molecule has 154 valence electrons. The van der Waals surface area contributed by atoms with Crippen molar-refractivity contribution in [2.45, 2.75) is 45.6 Å². The summed E-state index contributed by atoms with van der Waals surface area (Å²) in [5.41, 5.74) is 5.49. The number of carbonyl (C=O) groups excluding carboxylic acids is 1. The molecule has 1 fully saturated rings. The highest BCUT2D eigenvalue weighted by molar-refractivity contribution is 5.89. The number of amides is 1. The third kappa shape index (κ3) is 12.3. The van der Waals surface area contributed by atoms with E-state index < -0.39 is 17.0 Å². The zero-order chi connectivity index (χ0) is 21.0. The maximum absolute atomic E-state index is 12.0. The molecule has 0 aliphatic heterocycles. The molecule has 1 aliphatic rings. The molecule has 1 rings (SSSR count). The van der Waals surface area contributed by atoms with Crippen LogP contribution in [0.3, 0.4) is 0 Å². The van der Waals surface area contributed by atoms with Crippen LogP contribution in [0.25, 0.3) is 0 Å². The molecule has 0 heterocycles. The summed E-state index contributed by atoms with van der Waals surface area (Å²) in [6.45, 7) is 5.05. The van der Waals surface area contributed by atoms with Crippen LogP contribution in [0.5, 0.6) is 0 Å². The lowest BCUT2D eigenvalue weighted by Crippen LogP contribution is -2.42. The molecule has 5 N–H and O–H groups in total. The molecule has 0 atom stereocenters. The number of aliphatic carboxylic acids is 2. The number of nitrogens with one attached hydrogen (secondary N) is 1. The first-order chi connectivity index (χ1) is 12.5. The van der Waals surface area contributed by atoms with Crippen LogP contribution in [0, 0.1) is 21.4 Å². The minimum absolute atomic E-state index is 0.0149. The molecule has 0 saturated heterocycles. The lowest BCUT2D eigenvalue weighted by Gasteiger charge is -2.28. The van der Waals surface area contributed by atoms with Crippen LogP contribution in [-0.2, 0) is 19.2 Å². The van der Waals surface area contributed by atoms with Crippen molar-refractivity contribution in [1.82, 2.24) is 5.32 Å². The number of rotatable bonds is 8. The monoisotopic (exact) mass is 389 g/mol. The molecule has 0 spiro atoms. The van der Waals surface area contributed by atoms with Crippen molar-refractivity contribution in [3.63, 3.8) is 0 Å². The lowest BCUT2D eigenvalue weighted by atomic mass is 9.86. The molecule has 1 aliphatic carbocycles. The minimum Gasteiger partial charge on any atom is -0.478 e. The van der Waals surface area contributed by atoms with Gasteiger partial charge >= 0.3 is 11.9 Å². The van der Waals surface area contributed by atoms with Gasteiger partial charge in [0.05, 0.1) is 0 Å². The molecule has 11 heteroatoms. The van der Waals surface area contributed by atoms with Crippen molar-refractivity contribution in [2.75, 3.05) is 13.1 Å². The van der Waals surface area contributed by atoms with Crippen molar-refractivity contribution in [3.05, 3.63) is 22.3 Å². The summed E-state index contributed by atoms with van der Waals surface area (Å²) in [6.07, 6.45) is 3.13. The summed E-state index contributed by atoms with van der Waals surface area (Å²) < 4.78 is 0. The summed E-state index contributed by atoms with van der Waals surface area (Å²) >= 11 is 0. The van der Waals surface area contributed by atoms with E-state index in [4.69, 9.17) is 15.9 Å². The Morgan fingerprint density at radius 2 is 1.67 bits per heavy atom. The second kappa shape index (κ2) is 11.8. The van der Waals surface area contributed by atoms with Crippen LogP contribution >= 0.6 is 0 Å². The SMILES string of the molecule is CC(C)(CN)CNC(=O)C1CCC(O[N+](=O)[O-])CC1.O=C(O)C=CC(=O)O. The molecular formula is C16H27N3O8. The van der Waals surface area contributed by atoms with Crippen molar-refractivity contribution in [3.8, 4) is 0 Å². The Balaban J connectivity index is 0.000000713. The fraction of sp³-hybridized carbons (Fsp3) is 0.688. The van der Waals surface area contributed by atoms with E-state index in [0.717, 1.165) is 0 Å². The quantitative estimate of drug-likeness (QED) is 0.262. The van der Waals surface area contributed by atoms with E-state index in [1.165, 1.54) is 0 Å². The van der Waals surface area contributed by atoms with Gasteiger partial charge in [0.1, 0.15) is 6.10 Å². The second-order valence-electron chi connectivity index (χ2n) is 6.90. The average Bonchev–Trinajstić information content (AvgIpc) is 2.58. The standard InChI is InChI=1S/C12H23N3O4.C4H4O4/c1-12(2,7-13)8-14-11(16)9-3-5-10(6-4-9)19-15(17)18;5-3(6)1-2-4(7)8/h9-10H,3-8,13H2,1-2H3,(H,14,16);1-2H,(H,5,6)(H,7,8). The first-order valence-corrected chi connectivity index (χ1v) is 8.39. The van der Waals surface area contributed by atoms with Crippen molar-refractivity contribution in [2.24, 2.45) is 17.1 Å². The third-order valence-corrected chi connectivity index (χ3v) is 3.94. The van der Waals surface area contributed by atoms with E-state index in [0.29, 0.717) is 50.9 Å². The summed E-state index contributed by atoms with van der Waals surface area (Å²) in [5, 5.41) is 28.0. The Kier molecular flexibility index (Phi) is 10.7. The number of hydrogen-bond donors (Lipinski definition) is 4. The minimum atomic E-state index is -1.26. The Labute approximate surface area is 156 Å². The van der Waals surface area contributed by atoms with E-state index >= 15 is 0 Å². The van der Waals surface area contributed by atoms with Crippen LogP contribution in [0.15, 0.2) is 12.2 Å². The zero-order valence-electron chi connectivity index (χ0n) is 15.4. The van der Waals surface area contributed by atoms with Gasteiger partial charge in [-0.25, -0.2) is 9.59 Å². The number of hydrogen-bond acceptors (Lipinski definition) is 7. The highest BCUT2D eigenvalue weighted by atomic mass is 17.0. The molecular weight excluding hydrogens is 362 g/mol. The number of carbonyl (C=O) groups is 3. The topological polar surface area (TPSA) is 182 Å². The molecule has 0 aromatic carbocycles. The van der Waals surface area contributed by atoms with Crippen LogP contribution < -0.4 is 11.1 Å². The largest absolute Gasteiger partial charge is 0.478 e. The van der Waals surface area contributed by atoms with E-state index in [2.05, 4.69) is 10.2 Å². The molecule has 1 saturated carbocycles. The number of nitrogens with zero attached hydrogens (tertiary/aromatic N) is 1. The van der Waals surface area contributed by atoms with Crippen molar-refractivity contribution >= 4 is 17.8 Å². The van der Waals surface area contributed by atoms with Crippen LogP contribution in [0.2, 0.25) is 0 Å². The van der Waals surface area contributed by atoms with Gasteiger partial charge in [0.2, 0.25) is 5.91 Å². The molecule has 0 bridgehead atoms. The highest BCUT2D eigenvalue weighted by Gasteiger charge is 2.28. The molecule has 0 unspecified atom stereocenters. The zero-order valence-corrected chi connectivity index (χ0v) is 15.4. The van der Waals surface area contributed by atoms with Crippen LogP contribution in [-0.4, -0.2) is 52.3 Å². The smallest absolute Gasteiger partial charge is 0.328 e.